The van der Waals surface area contributed by atoms with Crippen molar-refractivity contribution in [2.45, 2.75) is 0 Å². The van der Waals surface area contributed by atoms with E-state index in [1.165, 1.54) is 0 Å². The minimum Gasteiger partial charge on any atom is -0.508 e. The number of aromatic hydroxyl groups is 2. The zero-order chi connectivity index (χ0) is 13.2. The van der Waals surface area contributed by atoms with E-state index in [0.29, 0.717) is 0 Å². The van der Waals surface area contributed by atoms with E-state index in [1.54, 1.807) is 41.8 Å². The van der Waals surface area contributed by atoms with E-state index >= 15 is 0 Å². The minimum absolute atomic E-state index is 0.244. The number of hydrogen-bond acceptors (Lipinski definition) is 4. The zero-order valence-electron chi connectivity index (χ0n) is 9.95. The Labute approximate surface area is 114 Å². The van der Waals surface area contributed by atoms with Gasteiger partial charge in [0, 0.05) is 11.8 Å². The Bertz CT molecular complexity index is 704. The van der Waals surface area contributed by atoms with E-state index in [-0.39, 0.29) is 11.5 Å². The van der Waals surface area contributed by atoms with E-state index in [2.05, 4.69) is 4.98 Å². The summed E-state index contributed by atoms with van der Waals surface area (Å²) < 4.78 is 0. The largest absolute Gasteiger partial charge is 0.508 e. The van der Waals surface area contributed by atoms with Gasteiger partial charge < -0.3 is 10.2 Å². The lowest BCUT2D eigenvalue weighted by atomic mass is 10.2. The van der Waals surface area contributed by atoms with Gasteiger partial charge in [-0.15, -0.1) is 11.3 Å². The van der Waals surface area contributed by atoms with Crippen LogP contribution in [0, 0.1) is 0 Å². The van der Waals surface area contributed by atoms with Gasteiger partial charge >= 0.3 is 0 Å². The molecule has 2 N–H and O–H groups in total. The predicted molar refractivity (Wildman–Crippen MR) is 76.3 cm³/mol. The van der Waals surface area contributed by atoms with Crippen LogP contribution in [0.4, 0.5) is 0 Å². The number of phenols is 2. The first kappa shape index (κ1) is 11.7. The summed E-state index contributed by atoms with van der Waals surface area (Å²) in [6, 6.07) is 14.1. The number of thiazole rings is 1. The molecule has 2 aromatic carbocycles. The molecule has 3 nitrogen and oxygen atoms in total. The number of nitrogens with zero attached hydrogens (tertiary/aromatic N) is 1. The van der Waals surface area contributed by atoms with Crippen LogP contribution in [0.3, 0.4) is 0 Å². The van der Waals surface area contributed by atoms with Crippen LogP contribution >= 0.6 is 11.3 Å². The standard InChI is InChI=1S/C15H11NO2S/c17-12-6-4-10(5-7-12)15-16-9-14(19-15)11-2-1-3-13(18)8-11/h1-9,17-18H. The molecule has 1 aromatic heterocycles. The lowest BCUT2D eigenvalue weighted by Crippen LogP contribution is -1.73. The summed E-state index contributed by atoms with van der Waals surface area (Å²) in [5.41, 5.74) is 1.91. The van der Waals surface area contributed by atoms with Crippen LogP contribution in [0.1, 0.15) is 0 Å². The molecule has 0 aliphatic carbocycles. The fourth-order valence-corrected chi connectivity index (χ4v) is 2.72. The quantitative estimate of drug-likeness (QED) is 0.742. The van der Waals surface area contributed by atoms with Gasteiger partial charge in [0.25, 0.3) is 0 Å². The highest BCUT2D eigenvalue weighted by atomic mass is 32.1. The maximum absolute atomic E-state index is 9.49. The van der Waals surface area contributed by atoms with Crippen molar-refractivity contribution in [1.82, 2.24) is 4.98 Å². The normalized spacial score (nSPS) is 10.5. The second-order valence-corrected chi connectivity index (χ2v) is 5.16. The first-order chi connectivity index (χ1) is 9.22. The van der Waals surface area contributed by atoms with Crippen LogP contribution in [0.15, 0.2) is 54.7 Å². The summed E-state index contributed by atoms with van der Waals surface area (Å²) in [6.45, 7) is 0. The molecule has 0 aliphatic rings. The number of phenolic OH excluding ortho intramolecular Hbond substituents is 2. The highest BCUT2D eigenvalue weighted by molar-refractivity contribution is 7.18. The van der Waals surface area contributed by atoms with Crippen molar-refractivity contribution in [1.29, 1.82) is 0 Å². The second-order valence-electron chi connectivity index (χ2n) is 4.13. The van der Waals surface area contributed by atoms with E-state index in [0.717, 1.165) is 21.0 Å². The van der Waals surface area contributed by atoms with Crippen LogP contribution in [0.5, 0.6) is 11.5 Å². The molecule has 94 valence electrons. The van der Waals surface area contributed by atoms with Gasteiger partial charge in [0.15, 0.2) is 0 Å². The average molecular weight is 269 g/mol. The van der Waals surface area contributed by atoms with E-state index < -0.39 is 0 Å². The molecule has 0 saturated carbocycles. The molecule has 0 fully saturated rings. The Hall–Kier alpha value is -2.33. The minimum atomic E-state index is 0.244. The van der Waals surface area contributed by atoms with E-state index in [4.69, 9.17) is 0 Å². The highest BCUT2D eigenvalue weighted by Gasteiger charge is 2.07. The lowest BCUT2D eigenvalue weighted by Gasteiger charge is -1.97. The molecular weight excluding hydrogens is 258 g/mol. The van der Waals surface area contributed by atoms with Crippen molar-refractivity contribution in [3.8, 4) is 32.5 Å². The maximum atomic E-state index is 9.49. The third-order valence-corrected chi connectivity index (χ3v) is 3.85. The average Bonchev–Trinajstić information content (AvgIpc) is 2.89. The highest BCUT2D eigenvalue weighted by Crippen LogP contribution is 2.33. The van der Waals surface area contributed by atoms with E-state index in [1.807, 2.05) is 24.3 Å². The van der Waals surface area contributed by atoms with Gasteiger partial charge in [-0.2, -0.15) is 0 Å². The van der Waals surface area contributed by atoms with Crippen LogP contribution < -0.4 is 0 Å². The summed E-state index contributed by atoms with van der Waals surface area (Å²) >= 11 is 1.55. The molecule has 0 bridgehead atoms. The monoisotopic (exact) mass is 269 g/mol. The van der Waals surface area contributed by atoms with Gasteiger partial charge in [0.1, 0.15) is 16.5 Å². The van der Waals surface area contributed by atoms with Crippen LogP contribution in [0.2, 0.25) is 0 Å². The predicted octanol–water partition coefficient (Wildman–Crippen LogP) is 3.89. The third-order valence-electron chi connectivity index (χ3n) is 2.75. The summed E-state index contributed by atoms with van der Waals surface area (Å²) in [5.74, 6) is 0.491. The smallest absolute Gasteiger partial charge is 0.123 e. The maximum Gasteiger partial charge on any atom is 0.123 e. The van der Waals surface area contributed by atoms with Gasteiger partial charge in [-0.3, -0.25) is 0 Å². The number of rotatable bonds is 2. The fraction of sp³-hybridized carbons (Fsp3) is 0. The van der Waals surface area contributed by atoms with Gasteiger partial charge in [0.05, 0.1) is 4.88 Å². The van der Waals surface area contributed by atoms with Gasteiger partial charge in [0.2, 0.25) is 0 Å². The van der Waals surface area contributed by atoms with Crippen molar-refractivity contribution in [3.63, 3.8) is 0 Å². The third kappa shape index (κ3) is 2.44. The van der Waals surface area contributed by atoms with Crippen LogP contribution in [-0.4, -0.2) is 15.2 Å². The Morgan fingerprint density at radius 2 is 1.63 bits per heavy atom. The molecular formula is C15H11NO2S. The Balaban J connectivity index is 1.97. The Morgan fingerprint density at radius 1 is 0.842 bits per heavy atom. The molecule has 0 atom stereocenters. The van der Waals surface area contributed by atoms with Crippen molar-refractivity contribution in [2.24, 2.45) is 0 Å². The first-order valence-corrected chi connectivity index (χ1v) is 6.59. The van der Waals surface area contributed by atoms with Crippen molar-refractivity contribution in [3.05, 3.63) is 54.7 Å². The van der Waals surface area contributed by atoms with Crippen molar-refractivity contribution >= 4 is 11.3 Å². The van der Waals surface area contributed by atoms with Crippen LogP contribution in [0.25, 0.3) is 21.0 Å². The second kappa shape index (κ2) is 4.74. The number of aromatic nitrogens is 1. The van der Waals surface area contributed by atoms with Gasteiger partial charge in [-0.1, -0.05) is 12.1 Å². The molecule has 19 heavy (non-hydrogen) atoms. The van der Waals surface area contributed by atoms with E-state index in [9.17, 15) is 10.2 Å². The molecule has 3 rings (SSSR count). The van der Waals surface area contributed by atoms with Crippen molar-refractivity contribution in [2.75, 3.05) is 0 Å². The molecule has 4 heteroatoms. The molecule has 1 heterocycles. The van der Waals surface area contributed by atoms with Gasteiger partial charge in [-0.25, -0.2) is 4.98 Å². The summed E-state index contributed by atoms with van der Waals surface area (Å²) in [6.07, 6.45) is 1.79. The Morgan fingerprint density at radius 3 is 2.37 bits per heavy atom. The molecule has 0 unspecified atom stereocenters. The molecule has 0 radical (unpaired) electrons. The molecule has 3 aromatic rings. The summed E-state index contributed by atoms with van der Waals surface area (Å²) in [5, 5.41) is 19.6. The molecule has 0 spiro atoms. The molecule has 0 saturated heterocycles. The SMILES string of the molecule is Oc1ccc(-c2ncc(-c3cccc(O)c3)s2)cc1. The Kier molecular flexibility index (Phi) is 2.93. The lowest BCUT2D eigenvalue weighted by molar-refractivity contribution is 0.475. The van der Waals surface area contributed by atoms with Crippen LogP contribution in [-0.2, 0) is 0 Å². The summed E-state index contributed by atoms with van der Waals surface area (Å²) in [7, 11) is 0. The van der Waals surface area contributed by atoms with Gasteiger partial charge in [-0.05, 0) is 42.0 Å². The molecule has 0 amide bonds. The topological polar surface area (TPSA) is 53.4 Å². The number of hydrogen-bond donors (Lipinski definition) is 2. The molecule has 0 aliphatic heterocycles. The zero-order valence-corrected chi connectivity index (χ0v) is 10.8. The van der Waals surface area contributed by atoms with Crippen molar-refractivity contribution < 1.29 is 10.2 Å². The first-order valence-electron chi connectivity index (χ1n) is 5.77. The fourth-order valence-electron chi connectivity index (χ4n) is 1.80. The summed E-state index contributed by atoms with van der Waals surface area (Å²) in [4.78, 5) is 5.38. The number of benzene rings is 2.